The van der Waals surface area contributed by atoms with Gasteiger partial charge in [-0.2, -0.15) is 0 Å². The molecule has 6 aromatic rings. The second-order valence-corrected chi connectivity index (χ2v) is 20.7. The number of fused-ring (bicyclic) bond motifs is 6. The maximum absolute atomic E-state index is 17.1. The molecular formula is C54H62FN9O8. The predicted octanol–water partition coefficient (Wildman–Crippen LogP) is 9.36. The molecule has 4 aliphatic rings. The molecule has 0 aliphatic carbocycles. The van der Waals surface area contributed by atoms with Crippen molar-refractivity contribution in [2.75, 3.05) is 27.3 Å². The second-order valence-electron chi connectivity index (χ2n) is 20.7. The van der Waals surface area contributed by atoms with Gasteiger partial charge in [-0.05, 0) is 106 Å². The zero-order valence-corrected chi connectivity index (χ0v) is 41.9. The number of likely N-dealkylation sites (tertiary alicyclic amines) is 2. The summed E-state index contributed by atoms with van der Waals surface area (Å²) in [5.41, 5.74) is 6.05. The Morgan fingerprint density at radius 2 is 1.36 bits per heavy atom. The molecule has 2 fully saturated rings. The number of amides is 4. The highest BCUT2D eigenvalue weighted by Crippen LogP contribution is 2.48. The summed E-state index contributed by atoms with van der Waals surface area (Å²) in [6.45, 7) is 12.7. The van der Waals surface area contributed by atoms with Crippen molar-refractivity contribution >= 4 is 34.9 Å². The molecule has 18 heteroatoms. The molecule has 378 valence electrons. The van der Waals surface area contributed by atoms with E-state index >= 15 is 4.39 Å². The molecule has 10 rings (SSSR count). The number of benzene rings is 3. The number of carbonyl (C=O) groups is 4. The molecule has 4 N–H and O–H groups in total. The van der Waals surface area contributed by atoms with Gasteiger partial charge in [0, 0.05) is 35.2 Å². The molecule has 0 bridgehead atoms. The molecule has 4 aliphatic heterocycles. The number of nitrogens with zero attached hydrogens (tertiary/aromatic N) is 5. The van der Waals surface area contributed by atoms with Gasteiger partial charge in [0.2, 0.25) is 18.0 Å². The lowest BCUT2D eigenvalue weighted by atomic mass is 9.93. The van der Waals surface area contributed by atoms with Crippen LogP contribution < -0.4 is 20.1 Å². The van der Waals surface area contributed by atoms with Crippen LogP contribution >= 0.6 is 0 Å². The molecule has 3 unspecified atom stereocenters. The van der Waals surface area contributed by atoms with Crippen molar-refractivity contribution in [2.24, 2.45) is 11.8 Å². The summed E-state index contributed by atoms with van der Waals surface area (Å²) in [5, 5.41) is 6.25. The second kappa shape index (κ2) is 19.0. The van der Waals surface area contributed by atoms with Gasteiger partial charge in [-0.1, -0.05) is 45.9 Å². The van der Waals surface area contributed by atoms with Crippen molar-refractivity contribution in [1.29, 1.82) is 0 Å². The number of imidazole rings is 2. The van der Waals surface area contributed by atoms with E-state index in [0.29, 0.717) is 65.8 Å². The van der Waals surface area contributed by atoms with Crippen molar-refractivity contribution in [3.63, 3.8) is 0 Å². The summed E-state index contributed by atoms with van der Waals surface area (Å²) in [4.78, 5) is 72.0. The molecule has 7 heterocycles. The summed E-state index contributed by atoms with van der Waals surface area (Å²) < 4.78 is 42.2. The Morgan fingerprint density at radius 3 is 1.94 bits per heavy atom. The highest BCUT2D eigenvalue weighted by atomic mass is 19.1. The Hall–Kier alpha value is -7.37. The number of methoxy groups -OCH3 is 2. The van der Waals surface area contributed by atoms with Crippen LogP contribution in [0, 0.1) is 17.7 Å². The third-order valence-corrected chi connectivity index (χ3v) is 14.7. The normalized spacial score (nSPS) is 19.8. The van der Waals surface area contributed by atoms with E-state index in [4.69, 9.17) is 28.9 Å². The maximum atomic E-state index is 17.1. The minimum Gasteiger partial charge on any atom is -0.488 e. The number of aryl methyl sites for hydroxylation is 1. The number of alkyl carbamates (subject to hydrolysis) is 2. The molecular weight excluding hydrogens is 922 g/mol. The van der Waals surface area contributed by atoms with Gasteiger partial charge in [0.15, 0.2) is 0 Å². The van der Waals surface area contributed by atoms with Crippen molar-refractivity contribution in [2.45, 2.75) is 116 Å². The third kappa shape index (κ3) is 8.88. The molecule has 17 nitrogen and oxygen atoms in total. The lowest BCUT2D eigenvalue weighted by Crippen LogP contribution is -2.51. The largest absolute Gasteiger partial charge is 0.488 e. The van der Waals surface area contributed by atoms with Crippen LogP contribution in [-0.4, -0.2) is 103 Å². The summed E-state index contributed by atoms with van der Waals surface area (Å²) in [6, 6.07) is 15.3. The quantitative estimate of drug-likeness (QED) is 0.0971. The summed E-state index contributed by atoms with van der Waals surface area (Å²) in [5.74, 6) is 1.11. The van der Waals surface area contributed by atoms with E-state index < -0.39 is 36.3 Å². The fourth-order valence-corrected chi connectivity index (χ4v) is 10.8. The van der Waals surface area contributed by atoms with Gasteiger partial charge in [0.1, 0.15) is 46.6 Å². The van der Waals surface area contributed by atoms with Gasteiger partial charge >= 0.3 is 12.2 Å². The van der Waals surface area contributed by atoms with Crippen molar-refractivity contribution in [3.8, 4) is 45.3 Å². The van der Waals surface area contributed by atoms with Gasteiger partial charge < -0.3 is 53.9 Å². The number of aromatic amines is 2. The highest BCUT2D eigenvalue weighted by molar-refractivity contribution is 5.93. The van der Waals surface area contributed by atoms with Gasteiger partial charge in [-0.3, -0.25) is 9.59 Å². The lowest BCUT2D eigenvalue weighted by molar-refractivity contribution is -0.136. The van der Waals surface area contributed by atoms with E-state index in [1.807, 2.05) is 68.7 Å². The average molecular weight is 984 g/mol. The fourth-order valence-electron chi connectivity index (χ4n) is 10.8. The molecule has 0 saturated carbocycles. The van der Waals surface area contributed by atoms with Gasteiger partial charge in [-0.25, -0.2) is 23.9 Å². The first kappa shape index (κ1) is 48.3. The zero-order valence-electron chi connectivity index (χ0n) is 41.9. The number of aromatic nitrogens is 5. The van der Waals surface area contributed by atoms with Crippen LogP contribution in [0.3, 0.4) is 0 Å². The number of H-pyrrole nitrogens is 2. The first-order chi connectivity index (χ1) is 34.5. The Balaban J connectivity index is 0.992. The van der Waals surface area contributed by atoms with Crippen LogP contribution in [0.2, 0.25) is 0 Å². The molecule has 0 spiro atoms. The number of nitrogens with one attached hydrogen (secondary N) is 4. The molecule has 3 aromatic heterocycles. The van der Waals surface area contributed by atoms with Crippen LogP contribution in [0.1, 0.15) is 115 Å². The lowest BCUT2D eigenvalue weighted by Gasteiger charge is -2.34. The number of hydrogen-bond donors (Lipinski definition) is 4. The van der Waals surface area contributed by atoms with Crippen LogP contribution in [0.15, 0.2) is 67.0 Å². The Morgan fingerprint density at radius 1 is 0.764 bits per heavy atom. The average Bonchev–Trinajstić information content (AvgIpc) is 4.22. The molecule has 5 atom stereocenters. The van der Waals surface area contributed by atoms with Crippen molar-refractivity contribution in [1.82, 2.24) is 44.9 Å². The molecule has 0 radical (unpaired) electrons. The molecule has 3 aromatic carbocycles. The minimum absolute atomic E-state index is 0.161. The van der Waals surface area contributed by atoms with Crippen LogP contribution in [-0.2, 0) is 25.5 Å². The Bertz CT molecular complexity index is 3080. The minimum atomic E-state index is -0.782. The van der Waals surface area contributed by atoms with Crippen LogP contribution in [0.5, 0.6) is 11.5 Å². The molecule has 4 amide bonds. The monoisotopic (exact) mass is 983 g/mol. The van der Waals surface area contributed by atoms with E-state index in [1.54, 1.807) is 22.2 Å². The number of halogens is 1. The van der Waals surface area contributed by atoms with Crippen LogP contribution in [0.25, 0.3) is 44.7 Å². The SMILES string of the molecule is COC(=O)NC(C(=O)N1CCC[C@H]1c1ncc(-c2cc(F)c3c(c2)OC(c2ccc4c(c2)OC(C)(C)CC4)n2c-3cc3cc(-c4cnc([C@@H]5CCCN5C(=O)C(NC(=O)OC)C(C)C)[nH]4)ccc32)[nH]1)C(C)C. The Kier molecular flexibility index (Phi) is 12.7. The summed E-state index contributed by atoms with van der Waals surface area (Å²) in [6.07, 6.45) is 6.07. The van der Waals surface area contributed by atoms with E-state index in [2.05, 4.69) is 46.6 Å². The molecule has 2 saturated heterocycles. The zero-order chi connectivity index (χ0) is 50.7. The first-order valence-electron chi connectivity index (χ1n) is 24.9. The fraction of sp³-hybridized carbons (Fsp3) is 0.444. The van der Waals surface area contributed by atoms with Crippen LogP contribution in [0.4, 0.5) is 14.0 Å². The van der Waals surface area contributed by atoms with Crippen molar-refractivity contribution < 1.29 is 42.5 Å². The number of ether oxygens (including phenoxy) is 4. The van der Waals surface area contributed by atoms with E-state index in [1.165, 1.54) is 20.3 Å². The van der Waals surface area contributed by atoms with E-state index in [0.717, 1.165) is 64.7 Å². The summed E-state index contributed by atoms with van der Waals surface area (Å²) >= 11 is 0. The predicted molar refractivity (Wildman–Crippen MR) is 266 cm³/mol. The summed E-state index contributed by atoms with van der Waals surface area (Å²) in [7, 11) is 2.54. The van der Waals surface area contributed by atoms with E-state index in [-0.39, 0.29) is 41.3 Å². The third-order valence-electron chi connectivity index (χ3n) is 14.7. The molecule has 72 heavy (non-hydrogen) atoms. The maximum Gasteiger partial charge on any atom is 0.407 e. The smallest absolute Gasteiger partial charge is 0.407 e. The number of carbonyl (C=O) groups excluding carboxylic acids is 4. The highest BCUT2D eigenvalue weighted by Gasteiger charge is 2.40. The Labute approximate surface area is 417 Å². The first-order valence-corrected chi connectivity index (χ1v) is 24.9. The standard InChI is InChI=1S/C54H62FN9O8/c1-28(2)45(60-52(67)69-7)49(65)62-19-9-11-39(62)47-56-26-36(58-47)31-15-16-38-34(21-31)23-41-44-35(55)22-33(25-43(44)71-51(64(38)41)32-14-13-30-17-18-54(5,6)72-42(30)24-32)37-27-57-48(59-37)40-12-10-20-63(40)50(66)46(29(3)4)61-53(68)70-8/h13-16,21-29,39-40,45-46,51H,9-12,17-20H2,1-8H3,(H,56,58)(H,57,59)(H,60,67)(H,61,68)/t39-,40-,45?,46?,51?/m0/s1. The van der Waals surface area contributed by atoms with Gasteiger partial charge in [0.25, 0.3) is 0 Å². The van der Waals surface area contributed by atoms with Gasteiger partial charge in [-0.15, -0.1) is 0 Å². The van der Waals surface area contributed by atoms with E-state index in [9.17, 15) is 19.2 Å². The number of hydrogen-bond acceptors (Lipinski definition) is 10. The van der Waals surface area contributed by atoms with Gasteiger partial charge in [0.05, 0.1) is 66.9 Å². The number of rotatable bonds is 11. The topological polar surface area (TPSA) is 198 Å². The van der Waals surface area contributed by atoms with Crippen molar-refractivity contribution in [3.05, 3.63) is 95.6 Å².